The van der Waals surface area contributed by atoms with Crippen molar-refractivity contribution in [3.8, 4) is 0 Å². The molecular weight excluding hydrogens is 347 g/mol. The van der Waals surface area contributed by atoms with Crippen molar-refractivity contribution >= 4 is 27.5 Å². The molecule has 0 unspecified atom stereocenters. The zero-order valence-electron chi connectivity index (χ0n) is 12.7. The quantitative estimate of drug-likeness (QED) is 0.857. The fourth-order valence-electron chi connectivity index (χ4n) is 2.46. The van der Waals surface area contributed by atoms with Gasteiger partial charge in [-0.1, -0.05) is 11.6 Å². The molecule has 128 valence electrons. The number of sulfonamides is 1. The van der Waals surface area contributed by atoms with Gasteiger partial charge in [0, 0.05) is 43.7 Å². The molecule has 6 nitrogen and oxygen atoms in total. The van der Waals surface area contributed by atoms with E-state index in [1.54, 1.807) is 0 Å². The number of amides is 1. The van der Waals surface area contributed by atoms with E-state index in [0.29, 0.717) is 0 Å². The third-order valence-corrected chi connectivity index (χ3v) is 5.96. The maximum absolute atomic E-state index is 13.4. The van der Waals surface area contributed by atoms with Crippen LogP contribution in [0, 0.1) is 11.7 Å². The summed E-state index contributed by atoms with van der Waals surface area (Å²) in [5, 5.41) is 10.1. The number of β-amino-alcohol motifs (C(OH)–C–C–N with tert-alkyl or cyclic N) is 1. The lowest BCUT2D eigenvalue weighted by molar-refractivity contribution is 0.0764. The van der Waals surface area contributed by atoms with Gasteiger partial charge in [0.1, 0.15) is 5.82 Å². The van der Waals surface area contributed by atoms with Gasteiger partial charge in [-0.2, -0.15) is 0 Å². The molecule has 0 aromatic heterocycles. The average Bonchev–Trinajstić information content (AvgIpc) is 2.77. The minimum Gasteiger partial charge on any atom is -0.391 e. The Hall–Kier alpha value is -1.22. The van der Waals surface area contributed by atoms with E-state index in [-0.39, 0.29) is 29.4 Å². The van der Waals surface area contributed by atoms with Gasteiger partial charge in [0.05, 0.1) is 11.9 Å². The van der Waals surface area contributed by atoms with Crippen molar-refractivity contribution in [1.29, 1.82) is 0 Å². The Morgan fingerprint density at radius 2 is 2.04 bits per heavy atom. The van der Waals surface area contributed by atoms with Gasteiger partial charge in [-0.05, 0) is 18.2 Å². The van der Waals surface area contributed by atoms with Gasteiger partial charge in [0.25, 0.3) is 5.91 Å². The number of hydrogen-bond donors (Lipinski definition) is 1. The molecule has 23 heavy (non-hydrogen) atoms. The maximum Gasteiger partial charge on any atom is 0.254 e. The number of nitrogens with zero attached hydrogens (tertiary/aromatic N) is 2. The monoisotopic (exact) mass is 364 g/mol. The van der Waals surface area contributed by atoms with E-state index >= 15 is 0 Å². The zero-order chi connectivity index (χ0) is 17.4. The lowest BCUT2D eigenvalue weighted by Crippen LogP contribution is -2.33. The lowest BCUT2D eigenvalue weighted by Gasteiger charge is -2.18. The Bertz CT molecular complexity index is 690. The highest BCUT2D eigenvalue weighted by molar-refractivity contribution is 7.89. The fraction of sp³-hybridized carbons (Fsp3) is 0.500. The molecular formula is C14H18ClFN2O4S. The average molecular weight is 365 g/mol. The summed E-state index contributed by atoms with van der Waals surface area (Å²) >= 11 is 5.74. The molecule has 1 saturated heterocycles. The van der Waals surface area contributed by atoms with Crippen molar-refractivity contribution in [2.45, 2.75) is 6.10 Å². The Morgan fingerprint density at radius 3 is 2.61 bits per heavy atom. The molecule has 0 spiro atoms. The van der Waals surface area contributed by atoms with Gasteiger partial charge in [-0.3, -0.25) is 4.79 Å². The first-order valence-corrected chi connectivity index (χ1v) is 8.92. The predicted octanol–water partition coefficient (Wildman–Crippen LogP) is 0.803. The van der Waals surface area contributed by atoms with Crippen molar-refractivity contribution in [2.24, 2.45) is 5.92 Å². The predicted molar refractivity (Wildman–Crippen MR) is 84.3 cm³/mol. The highest BCUT2D eigenvalue weighted by atomic mass is 35.5. The molecule has 2 rings (SSSR count). The van der Waals surface area contributed by atoms with Crippen LogP contribution in [-0.2, 0) is 10.0 Å². The highest BCUT2D eigenvalue weighted by Crippen LogP contribution is 2.23. The van der Waals surface area contributed by atoms with Crippen LogP contribution in [0.4, 0.5) is 4.39 Å². The van der Waals surface area contributed by atoms with Gasteiger partial charge in [-0.25, -0.2) is 17.1 Å². The van der Waals surface area contributed by atoms with E-state index < -0.39 is 33.8 Å². The first kappa shape index (κ1) is 18.1. The number of carbonyl (C=O) groups is 1. The van der Waals surface area contributed by atoms with E-state index in [1.165, 1.54) is 25.1 Å². The third-order valence-electron chi connectivity index (χ3n) is 3.78. The number of likely N-dealkylation sites (tertiary alicyclic amines) is 1. The molecule has 0 radical (unpaired) electrons. The largest absolute Gasteiger partial charge is 0.391 e. The van der Waals surface area contributed by atoms with E-state index in [9.17, 15) is 22.7 Å². The molecule has 9 heteroatoms. The van der Waals surface area contributed by atoms with E-state index in [1.807, 2.05) is 0 Å². The Labute approximate surface area is 139 Å². The van der Waals surface area contributed by atoms with E-state index in [2.05, 4.69) is 0 Å². The van der Waals surface area contributed by atoms with Gasteiger partial charge in [-0.15, -0.1) is 0 Å². The molecule has 1 heterocycles. The normalized spacial score (nSPS) is 21.9. The van der Waals surface area contributed by atoms with Crippen molar-refractivity contribution in [3.05, 3.63) is 34.6 Å². The smallest absolute Gasteiger partial charge is 0.254 e. The summed E-state index contributed by atoms with van der Waals surface area (Å²) < 4.78 is 38.3. The number of aliphatic hydroxyl groups excluding tert-OH is 1. The number of carbonyl (C=O) groups excluding carboxylic acids is 1. The summed E-state index contributed by atoms with van der Waals surface area (Å²) in [6, 6.07) is 3.48. The van der Waals surface area contributed by atoms with Crippen LogP contribution in [0.25, 0.3) is 0 Å². The standard InChI is InChI=1S/C14H18ClFN2O4S/c1-17(2)23(21,22)8-10-6-18(7-13(10)19)14(20)9-3-11(15)5-12(16)4-9/h3-5,10,13,19H,6-8H2,1-2H3/t10-,13+/m0/s1. The second-order valence-corrected chi connectivity index (χ2v) is 8.42. The number of benzene rings is 1. The minimum atomic E-state index is -3.49. The Balaban J connectivity index is 2.13. The zero-order valence-corrected chi connectivity index (χ0v) is 14.3. The summed E-state index contributed by atoms with van der Waals surface area (Å²) in [4.78, 5) is 13.7. The second kappa shape index (κ2) is 6.72. The first-order chi connectivity index (χ1) is 10.6. The second-order valence-electron chi connectivity index (χ2n) is 5.76. The van der Waals surface area contributed by atoms with Crippen LogP contribution in [0.5, 0.6) is 0 Å². The molecule has 1 N–H and O–H groups in total. The number of halogens is 2. The van der Waals surface area contributed by atoms with Crippen LogP contribution in [0.1, 0.15) is 10.4 Å². The van der Waals surface area contributed by atoms with Crippen molar-refractivity contribution < 1.29 is 22.7 Å². The Morgan fingerprint density at radius 1 is 1.39 bits per heavy atom. The highest BCUT2D eigenvalue weighted by Gasteiger charge is 2.37. The van der Waals surface area contributed by atoms with Crippen LogP contribution in [0.15, 0.2) is 18.2 Å². The summed E-state index contributed by atoms with van der Waals surface area (Å²) in [6.45, 7) is 0.0851. The molecule has 1 aromatic carbocycles. The molecule has 1 aromatic rings. The summed E-state index contributed by atoms with van der Waals surface area (Å²) in [6.07, 6.45) is -0.947. The molecule has 1 aliphatic heterocycles. The number of hydrogen-bond acceptors (Lipinski definition) is 4. The van der Waals surface area contributed by atoms with Crippen LogP contribution < -0.4 is 0 Å². The van der Waals surface area contributed by atoms with Crippen LogP contribution in [-0.4, -0.2) is 67.7 Å². The Kier molecular flexibility index (Phi) is 5.30. The number of aliphatic hydroxyl groups is 1. The molecule has 1 aliphatic rings. The third kappa shape index (κ3) is 4.20. The van der Waals surface area contributed by atoms with Crippen LogP contribution in [0.2, 0.25) is 5.02 Å². The minimum absolute atomic E-state index is 0.000576. The maximum atomic E-state index is 13.4. The summed E-state index contributed by atoms with van der Waals surface area (Å²) in [7, 11) is -0.665. The summed E-state index contributed by atoms with van der Waals surface area (Å²) in [5.74, 6) is -1.97. The molecule has 0 aliphatic carbocycles. The van der Waals surface area contributed by atoms with Gasteiger partial charge in [0.15, 0.2) is 0 Å². The molecule has 0 saturated carbocycles. The van der Waals surface area contributed by atoms with Crippen molar-refractivity contribution in [2.75, 3.05) is 32.9 Å². The topological polar surface area (TPSA) is 77.9 Å². The lowest BCUT2D eigenvalue weighted by atomic mass is 10.1. The molecule has 1 amide bonds. The van der Waals surface area contributed by atoms with Gasteiger partial charge >= 0.3 is 0 Å². The molecule has 1 fully saturated rings. The number of rotatable bonds is 4. The fourth-order valence-corrected chi connectivity index (χ4v) is 3.85. The van der Waals surface area contributed by atoms with Gasteiger partial charge < -0.3 is 10.0 Å². The SMILES string of the molecule is CN(C)S(=O)(=O)C[C@@H]1CN(C(=O)c2cc(F)cc(Cl)c2)C[C@H]1O. The van der Waals surface area contributed by atoms with Crippen molar-refractivity contribution in [1.82, 2.24) is 9.21 Å². The van der Waals surface area contributed by atoms with E-state index in [0.717, 1.165) is 16.4 Å². The summed E-state index contributed by atoms with van der Waals surface area (Å²) in [5.41, 5.74) is 0.0679. The van der Waals surface area contributed by atoms with Crippen LogP contribution >= 0.6 is 11.6 Å². The molecule has 0 bridgehead atoms. The van der Waals surface area contributed by atoms with Crippen molar-refractivity contribution in [3.63, 3.8) is 0 Å². The van der Waals surface area contributed by atoms with Gasteiger partial charge in [0.2, 0.25) is 10.0 Å². The first-order valence-electron chi connectivity index (χ1n) is 6.94. The van der Waals surface area contributed by atoms with Crippen LogP contribution in [0.3, 0.4) is 0 Å². The van der Waals surface area contributed by atoms with E-state index in [4.69, 9.17) is 11.6 Å². The molecule has 2 atom stereocenters.